The smallest absolute Gasteiger partial charge is 0.246 e. The summed E-state index contributed by atoms with van der Waals surface area (Å²) < 4.78 is 67.1. The van der Waals surface area contributed by atoms with Crippen molar-refractivity contribution in [3.8, 4) is 0 Å². The fourth-order valence-corrected chi connectivity index (χ4v) is 4.60. The SMILES string of the molecule is O=C(CN1CCN(S(=O)(=O)c2cc(F)ccc2F)CC1)Nc1cc(Cl)ccc1F. The molecule has 2 aromatic rings. The first kappa shape index (κ1) is 21.6. The van der Waals surface area contributed by atoms with Crippen LogP contribution < -0.4 is 5.32 Å². The number of hydrogen-bond donors (Lipinski definition) is 1. The first-order valence-electron chi connectivity index (χ1n) is 8.59. The standard InChI is InChI=1S/C18H17ClF3N3O3S/c19-12-1-3-14(21)16(9-12)23-18(26)11-24-5-7-25(8-6-24)29(27,28)17-10-13(20)2-4-15(17)22/h1-4,9-10H,5-8,11H2,(H,23,26). The van der Waals surface area contributed by atoms with E-state index in [2.05, 4.69) is 5.32 Å². The molecule has 0 saturated carbocycles. The van der Waals surface area contributed by atoms with Crippen molar-refractivity contribution in [3.63, 3.8) is 0 Å². The summed E-state index contributed by atoms with van der Waals surface area (Å²) in [5.74, 6) is -3.00. The van der Waals surface area contributed by atoms with Crippen molar-refractivity contribution < 1.29 is 26.4 Å². The number of rotatable bonds is 5. The minimum atomic E-state index is -4.20. The molecule has 0 aromatic heterocycles. The summed E-state index contributed by atoms with van der Waals surface area (Å²) in [6, 6.07) is 6.02. The van der Waals surface area contributed by atoms with Gasteiger partial charge in [0.15, 0.2) is 0 Å². The zero-order valence-electron chi connectivity index (χ0n) is 15.0. The molecule has 0 aliphatic carbocycles. The predicted molar refractivity (Wildman–Crippen MR) is 102 cm³/mol. The third kappa shape index (κ3) is 5.08. The molecule has 0 bridgehead atoms. The van der Waals surface area contributed by atoms with Gasteiger partial charge in [0.25, 0.3) is 0 Å². The van der Waals surface area contributed by atoms with Crippen LogP contribution in [0.5, 0.6) is 0 Å². The van der Waals surface area contributed by atoms with Gasteiger partial charge in [-0.25, -0.2) is 21.6 Å². The largest absolute Gasteiger partial charge is 0.322 e. The molecular formula is C18H17ClF3N3O3S. The summed E-state index contributed by atoms with van der Waals surface area (Å²) in [6.45, 7) is 0.297. The number of nitrogens with zero attached hydrogens (tertiary/aromatic N) is 2. The van der Waals surface area contributed by atoms with E-state index < -0.39 is 38.3 Å². The van der Waals surface area contributed by atoms with Crippen molar-refractivity contribution in [2.24, 2.45) is 0 Å². The monoisotopic (exact) mass is 447 g/mol. The molecule has 29 heavy (non-hydrogen) atoms. The molecule has 1 fully saturated rings. The maximum absolute atomic E-state index is 13.9. The lowest BCUT2D eigenvalue weighted by molar-refractivity contribution is -0.117. The molecule has 1 aliphatic rings. The zero-order chi connectivity index (χ0) is 21.2. The van der Waals surface area contributed by atoms with Crippen LogP contribution in [0.2, 0.25) is 5.02 Å². The van der Waals surface area contributed by atoms with E-state index in [1.54, 1.807) is 4.90 Å². The van der Waals surface area contributed by atoms with Gasteiger partial charge in [0, 0.05) is 31.2 Å². The molecule has 2 aromatic carbocycles. The van der Waals surface area contributed by atoms with Crippen molar-refractivity contribution in [2.45, 2.75) is 4.90 Å². The molecule has 0 atom stereocenters. The van der Waals surface area contributed by atoms with Gasteiger partial charge in [-0.3, -0.25) is 9.69 Å². The summed E-state index contributed by atoms with van der Waals surface area (Å²) in [7, 11) is -4.20. The number of amides is 1. The van der Waals surface area contributed by atoms with E-state index >= 15 is 0 Å². The Morgan fingerprint density at radius 2 is 1.66 bits per heavy atom. The lowest BCUT2D eigenvalue weighted by Gasteiger charge is -2.33. The molecule has 1 aliphatic heterocycles. The van der Waals surface area contributed by atoms with Gasteiger partial charge in [0.2, 0.25) is 15.9 Å². The summed E-state index contributed by atoms with van der Waals surface area (Å²) in [5, 5.41) is 2.68. The van der Waals surface area contributed by atoms with Crippen molar-refractivity contribution in [1.82, 2.24) is 9.21 Å². The van der Waals surface area contributed by atoms with Gasteiger partial charge in [-0.1, -0.05) is 11.6 Å². The number of nitrogens with one attached hydrogen (secondary N) is 1. The maximum atomic E-state index is 13.9. The first-order chi connectivity index (χ1) is 13.7. The fourth-order valence-electron chi connectivity index (χ4n) is 2.93. The van der Waals surface area contributed by atoms with E-state index in [0.717, 1.165) is 22.5 Å². The highest BCUT2D eigenvalue weighted by Gasteiger charge is 2.31. The van der Waals surface area contributed by atoms with E-state index in [4.69, 9.17) is 11.6 Å². The molecular weight excluding hydrogens is 431 g/mol. The lowest BCUT2D eigenvalue weighted by Crippen LogP contribution is -2.50. The average molecular weight is 448 g/mol. The molecule has 11 heteroatoms. The number of halogens is 4. The molecule has 1 N–H and O–H groups in total. The summed E-state index contributed by atoms with van der Waals surface area (Å²) in [4.78, 5) is 13.1. The van der Waals surface area contributed by atoms with Crippen LogP contribution >= 0.6 is 11.6 Å². The topological polar surface area (TPSA) is 69.7 Å². The Labute approximate surface area is 170 Å². The third-order valence-electron chi connectivity index (χ3n) is 4.41. The summed E-state index contributed by atoms with van der Waals surface area (Å²) >= 11 is 5.78. The van der Waals surface area contributed by atoms with E-state index in [0.29, 0.717) is 6.07 Å². The Hall–Kier alpha value is -2.14. The molecule has 1 heterocycles. The Bertz CT molecular complexity index is 1030. The van der Waals surface area contributed by atoms with Crippen molar-refractivity contribution in [1.29, 1.82) is 0 Å². The number of piperazine rings is 1. The van der Waals surface area contributed by atoms with Gasteiger partial charge in [0.05, 0.1) is 12.2 Å². The maximum Gasteiger partial charge on any atom is 0.246 e. The highest BCUT2D eigenvalue weighted by atomic mass is 35.5. The fraction of sp³-hybridized carbons (Fsp3) is 0.278. The third-order valence-corrected chi connectivity index (χ3v) is 6.56. The predicted octanol–water partition coefficient (Wildman–Crippen LogP) is 2.70. The van der Waals surface area contributed by atoms with E-state index in [-0.39, 0.29) is 43.4 Å². The number of sulfonamides is 1. The van der Waals surface area contributed by atoms with Crippen LogP contribution in [-0.2, 0) is 14.8 Å². The second-order valence-corrected chi connectivity index (χ2v) is 8.77. The van der Waals surface area contributed by atoms with E-state index in [9.17, 15) is 26.4 Å². The van der Waals surface area contributed by atoms with Crippen LogP contribution in [0.25, 0.3) is 0 Å². The molecule has 0 spiro atoms. The molecule has 156 valence electrons. The normalized spacial score (nSPS) is 16.0. The number of hydrogen-bond acceptors (Lipinski definition) is 4. The Kier molecular flexibility index (Phi) is 6.47. The minimum Gasteiger partial charge on any atom is -0.322 e. The molecule has 1 saturated heterocycles. The van der Waals surface area contributed by atoms with Crippen LogP contribution in [0.1, 0.15) is 0 Å². The Balaban J connectivity index is 1.59. The Morgan fingerprint density at radius 1 is 1.00 bits per heavy atom. The van der Waals surface area contributed by atoms with Gasteiger partial charge in [-0.2, -0.15) is 4.31 Å². The highest BCUT2D eigenvalue weighted by molar-refractivity contribution is 7.89. The van der Waals surface area contributed by atoms with E-state index in [1.165, 1.54) is 12.1 Å². The molecule has 0 radical (unpaired) electrons. The Morgan fingerprint density at radius 3 is 2.34 bits per heavy atom. The zero-order valence-corrected chi connectivity index (χ0v) is 16.6. The lowest BCUT2D eigenvalue weighted by atomic mass is 10.3. The van der Waals surface area contributed by atoms with Gasteiger partial charge in [0.1, 0.15) is 22.3 Å². The average Bonchev–Trinajstić information content (AvgIpc) is 2.67. The van der Waals surface area contributed by atoms with Crippen molar-refractivity contribution in [2.75, 3.05) is 38.0 Å². The van der Waals surface area contributed by atoms with Gasteiger partial charge < -0.3 is 5.32 Å². The summed E-state index contributed by atoms with van der Waals surface area (Å²) in [6.07, 6.45) is 0. The molecule has 6 nitrogen and oxygen atoms in total. The van der Waals surface area contributed by atoms with Crippen LogP contribution in [0.15, 0.2) is 41.3 Å². The molecule has 3 rings (SSSR count). The number of anilines is 1. The van der Waals surface area contributed by atoms with Crippen molar-refractivity contribution in [3.05, 3.63) is 58.9 Å². The number of benzene rings is 2. The second-order valence-electron chi connectivity index (χ2n) is 6.43. The minimum absolute atomic E-state index is 0.00288. The van der Waals surface area contributed by atoms with E-state index in [1.807, 2.05) is 0 Å². The van der Waals surface area contributed by atoms with Crippen LogP contribution in [0.3, 0.4) is 0 Å². The van der Waals surface area contributed by atoms with Crippen LogP contribution in [0, 0.1) is 17.5 Å². The molecule has 1 amide bonds. The highest BCUT2D eigenvalue weighted by Crippen LogP contribution is 2.22. The van der Waals surface area contributed by atoms with Gasteiger partial charge in [-0.05, 0) is 36.4 Å². The number of carbonyl (C=O) groups excluding carboxylic acids is 1. The molecule has 0 unspecified atom stereocenters. The quantitative estimate of drug-likeness (QED) is 0.765. The van der Waals surface area contributed by atoms with Crippen LogP contribution in [-0.4, -0.2) is 56.3 Å². The van der Waals surface area contributed by atoms with Gasteiger partial charge in [-0.15, -0.1) is 0 Å². The summed E-state index contributed by atoms with van der Waals surface area (Å²) in [5.41, 5.74) is -0.0507. The number of carbonyl (C=O) groups is 1. The first-order valence-corrected chi connectivity index (χ1v) is 10.4. The second kappa shape index (κ2) is 8.70. The van der Waals surface area contributed by atoms with Gasteiger partial charge >= 0.3 is 0 Å². The van der Waals surface area contributed by atoms with Crippen LogP contribution in [0.4, 0.5) is 18.9 Å². The van der Waals surface area contributed by atoms with Crippen molar-refractivity contribution >= 4 is 33.2 Å².